The van der Waals surface area contributed by atoms with Gasteiger partial charge < -0.3 is 14.5 Å². The van der Waals surface area contributed by atoms with Crippen LogP contribution in [-0.4, -0.2) is 11.9 Å². The van der Waals surface area contributed by atoms with Crippen LogP contribution in [0.3, 0.4) is 0 Å². The fraction of sp³-hybridized carbons (Fsp3) is 0.0400. The van der Waals surface area contributed by atoms with Gasteiger partial charge in [0.15, 0.2) is 5.76 Å². The maximum absolute atomic E-state index is 12.3. The van der Waals surface area contributed by atoms with Crippen LogP contribution >= 0.6 is 0 Å². The summed E-state index contributed by atoms with van der Waals surface area (Å²) in [6.07, 6.45) is 1.43. The number of ether oxygens (including phenoxy) is 1. The van der Waals surface area contributed by atoms with E-state index in [-0.39, 0.29) is 18.3 Å². The van der Waals surface area contributed by atoms with Gasteiger partial charge in [0.25, 0.3) is 5.91 Å². The Morgan fingerprint density at radius 2 is 1.47 bits per heavy atom. The molecule has 0 saturated carbocycles. The highest BCUT2D eigenvalue weighted by atomic mass is 16.5. The molecule has 0 spiro atoms. The second-order valence-electron chi connectivity index (χ2n) is 6.65. The Kier molecular flexibility index (Phi) is 5.71. The van der Waals surface area contributed by atoms with E-state index in [9.17, 15) is 9.59 Å². The van der Waals surface area contributed by atoms with E-state index in [2.05, 4.69) is 17.4 Å². The lowest BCUT2D eigenvalue weighted by molar-refractivity contribution is 0.0472. The van der Waals surface area contributed by atoms with E-state index in [0.29, 0.717) is 11.3 Å². The molecule has 30 heavy (non-hydrogen) atoms. The van der Waals surface area contributed by atoms with Gasteiger partial charge in [-0.15, -0.1) is 0 Å². The zero-order valence-corrected chi connectivity index (χ0v) is 16.1. The van der Waals surface area contributed by atoms with Gasteiger partial charge in [0.2, 0.25) is 0 Å². The largest absolute Gasteiger partial charge is 0.459 e. The first-order chi connectivity index (χ1) is 14.7. The summed E-state index contributed by atoms with van der Waals surface area (Å²) in [5.74, 6) is -0.558. The number of carbonyl (C=O) groups is 2. The third-order valence-corrected chi connectivity index (χ3v) is 4.55. The van der Waals surface area contributed by atoms with Crippen LogP contribution in [0.5, 0.6) is 0 Å². The number of amides is 1. The topological polar surface area (TPSA) is 68.5 Å². The summed E-state index contributed by atoms with van der Waals surface area (Å²) in [4.78, 5) is 24.3. The second kappa shape index (κ2) is 8.92. The van der Waals surface area contributed by atoms with E-state index >= 15 is 0 Å². The molecule has 0 bridgehead atoms. The predicted octanol–water partition coefficient (Wildman–Crippen LogP) is 5.56. The van der Waals surface area contributed by atoms with Crippen LogP contribution < -0.4 is 5.32 Å². The minimum atomic E-state index is -0.425. The smallest absolute Gasteiger partial charge is 0.338 e. The number of carbonyl (C=O) groups excluding carboxylic acids is 2. The van der Waals surface area contributed by atoms with Gasteiger partial charge in [0.05, 0.1) is 11.8 Å². The number of nitrogens with one attached hydrogen (secondary N) is 1. The Morgan fingerprint density at radius 1 is 0.767 bits per heavy atom. The maximum Gasteiger partial charge on any atom is 0.338 e. The Hall–Kier alpha value is -4.12. The molecule has 0 unspecified atom stereocenters. The summed E-state index contributed by atoms with van der Waals surface area (Å²) in [6.45, 7) is 0.185. The molecule has 0 fully saturated rings. The molecule has 4 aromatic rings. The molecule has 1 amide bonds. The monoisotopic (exact) mass is 397 g/mol. The highest BCUT2D eigenvalue weighted by Gasteiger charge is 2.11. The summed E-state index contributed by atoms with van der Waals surface area (Å²) in [7, 11) is 0. The van der Waals surface area contributed by atoms with Gasteiger partial charge in [0.1, 0.15) is 6.61 Å². The molecule has 0 aliphatic rings. The average Bonchev–Trinajstić information content (AvgIpc) is 3.34. The fourth-order valence-electron chi connectivity index (χ4n) is 2.95. The first-order valence-electron chi connectivity index (χ1n) is 9.45. The van der Waals surface area contributed by atoms with Crippen molar-refractivity contribution < 1.29 is 18.7 Å². The van der Waals surface area contributed by atoms with Gasteiger partial charge in [-0.2, -0.15) is 0 Å². The van der Waals surface area contributed by atoms with Crippen molar-refractivity contribution in [3.8, 4) is 11.1 Å². The molecule has 0 atom stereocenters. The number of esters is 1. The third kappa shape index (κ3) is 4.64. The molecule has 0 radical (unpaired) electrons. The number of benzene rings is 3. The SMILES string of the molecule is O=C(OCc1ccc(-c2ccccc2)cc1)c1ccc(NC(=O)c2ccco2)cc1. The van der Waals surface area contributed by atoms with Crippen molar-refractivity contribution >= 4 is 17.6 Å². The van der Waals surface area contributed by atoms with Gasteiger partial charge in [-0.25, -0.2) is 4.79 Å². The molecule has 0 aliphatic heterocycles. The van der Waals surface area contributed by atoms with Crippen LogP contribution in [0.4, 0.5) is 5.69 Å². The molecule has 1 heterocycles. The van der Waals surface area contributed by atoms with Crippen molar-refractivity contribution in [3.05, 3.63) is 114 Å². The maximum atomic E-state index is 12.3. The minimum absolute atomic E-state index is 0.185. The van der Waals surface area contributed by atoms with Crippen LogP contribution in [0, 0.1) is 0 Å². The van der Waals surface area contributed by atoms with Gasteiger partial charge in [-0.3, -0.25) is 4.79 Å². The normalized spacial score (nSPS) is 10.4. The molecule has 0 aliphatic carbocycles. The molecule has 5 heteroatoms. The summed E-state index contributed by atoms with van der Waals surface area (Å²) in [5.41, 5.74) is 4.12. The quantitative estimate of drug-likeness (QED) is 0.433. The molecule has 5 nitrogen and oxygen atoms in total. The standard InChI is InChI=1S/C25H19NO4/c27-24(23-7-4-16-29-23)26-22-14-12-21(13-15-22)25(28)30-17-18-8-10-20(11-9-18)19-5-2-1-3-6-19/h1-16H,17H2,(H,26,27). The van der Waals surface area contributed by atoms with Gasteiger partial charge in [0, 0.05) is 5.69 Å². The van der Waals surface area contributed by atoms with Crippen molar-refractivity contribution in [2.45, 2.75) is 6.61 Å². The summed E-state index contributed by atoms with van der Waals surface area (Å²) in [6, 6.07) is 27.7. The van der Waals surface area contributed by atoms with E-state index in [1.807, 2.05) is 42.5 Å². The van der Waals surface area contributed by atoms with Gasteiger partial charge in [-0.1, -0.05) is 54.6 Å². The summed E-state index contributed by atoms with van der Waals surface area (Å²) in [5, 5.41) is 2.70. The lowest BCUT2D eigenvalue weighted by Gasteiger charge is -2.08. The molecule has 1 N–H and O–H groups in total. The molecule has 0 saturated heterocycles. The van der Waals surface area contributed by atoms with E-state index in [4.69, 9.17) is 9.15 Å². The van der Waals surface area contributed by atoms with Crippen LogP contribution in [0.2, 0.25) is 0 Å². The summed E-state index contributed by atoms with van der Waals surface area (Å²) >= 11 is 0. The molecular weight excluding hydrogens is 378 g/mol. The number of furan rings is 1. The second-order valence-corrected chi connectivity index (χ2v) is 6.65. The Balaban J connectivity index is 1.32. The van der Waals surface area contributed by atoms with Gasteiger partial charge in [-0.05, 0) is 53.1 Å². The van der Waals surface area contributed by atoms with E-state index in [0.717, 1.165) is 16.7 Å². The van der Waals surface area contributed by atoms with Crippen molar-refractivity contribution in [3.63, 3.8) is 0 Å². The Labute approximate surface area is 173 Å². The number of hydrogen-bond donors (Lipinski definition) is 1. The lowest BCUT2D eigenvalue weighted by Crippen LogP contribution is -2.11. The number of anilines is 1. The highest BCUT2D eigenvalue weighted by Crippen LogP contribution is 2.20. The molecular formula is C25H19NO4. The number of rotatable bonds is 6. The van der Waals surface area contributed by atoms with Gasteiger partial charge >= 0.3 is 5.97 Å². The van der Waals surface area contributed by atoms with E-state index in [1.165, 1.54) is 6.26 Å². The average molecular weight is 397 g/mol. The van der Waals surface area contributed by atoms with Crippen molar-refractivity contribution in [1.29, 1.82) is 0 Å². The highest BCUT2D eigenvalue weighted by molar-refractivity contribution is 6.02. The Bertz CT molecular complexity index is 1120. The Morgan fingerprint density at radius 3 is 2.13 bits per heavy atom. The minimum Gasteiger partial charge on any atom is -0.459 e. The van der Waals surface area contributed by atoms with Crippen LogP contribution in [0.25, 0.3) is 11.1 Å². The molecule has 148 valence electrons. The van der Waals surface area contributed by atoms with Crippen LogP contribution in [0.1, 0.15) is 26.5 Å². The molecule has 3 aromatic carbocycles. The van der Waals surface area contributed by atoms with Crippen molar-refractivity contribution in [1.82, 2.24) is 0 Å². The van der Waals surface area contributed by atoms with Crippen LogP contribution in [-0.2, 0) is 11.3 Å². The lowest BCUT2D eigenvalue weighted by atomic mass is 10.0. The third-order valence-electron chi connectivity index (χ3n) is 4.55. The predicted molar refractivity (Wildman–Crippen MR) is 114 cm³/mol. The van der Waals surface area contributed by atoms with Crippen molar-refractivity contribution in [2.24, 2.45) is 0 Å². The molecule has 1 aromatic heterocycles. The molecule has 4 rings (SSSR count). The summed E-state index contributed by atoms with van der Waals surface area (Å²) < 4.78 is 10.4. The zero-order chi connectivity index (χ0) is 20.8. The fourth-order valence-corrected chi connectivity index (χ4v) is 2.95. The van der Waals surface area contributed by atoms with E-state index in [1.54, 1.807) is 36.4 Å². The van der Waals surface area contributed by atoms with Crippen LogP contribution in [0.15, 0.2) is 102 Å². The number of hydrogen-bond acceptors (Lipinski definition) is 4. The van der Waals surface area contributed by atoms with E-state index < -0.39 is 5.97 Å². The first kappa shape index (κ1) is 19.2. The zero-order valence-electron chi connectivity index (χ0n) is 16.1. The van der Waals surface area contributed by atoms with Crippen molar-refractivity contribution in [2.75, 3.05) is 5.32 Å². The first-order valence-corrected chi connectivity index (χ1v) is 9.45.